The fourth-order valence-electron chi connectivity index (χ4n) is 2.60. The Morgan fingerprint density at radius 3 is 2.54 bits per heavy atom. The van der Waals surface area contributed by atoms with Crippen LogP contribution in [0.1, 0.15) is 26.2 Å². The summed E-state index contributed by atoms with van der Waals surface area (Å²) < 4.78 is 39.0. The summed E-state index contributed by atoms with van der Waals surface area (Å²) in [6, 6.07) is 5.33. The first kappa shape index (κ1) is 18.7. The Balaban J connectivity index is 1.84. The van der Waals surface area contributed by atoms with Crippen LogP contribution < -0.4 is 5.32 Å². The zero-order chi connectivity index (χ0) is 17.6. The molecule has 0 bridgehead atoms. The van der Waals surface area contributed by atoms with Crippen molar-refractivity contribution in [3.63, 3.8) is 0 Å². The molecule has 0 spiro atoms. The number of benzene rings is 1. The lowest BCUT2D eigenvalue weighted by atomic mass is 10.3. The van der Waals surface area contributed by atoms with Gasteiger partial charge in [0.05, 0.1) is 5.75 Å². The molecule has 8 heteroatoms. The molecule has 1 heterocycles. The van der Waals surface area contributed by atoms with Gasteiger partial charge in [0.15, 0.2) is 0 Å². The van der Waals surface area contributed by atoms with Gasteiger partial charge in [-0.3, -0.25) is 0 Å². The lowest BCUT2D eigenvalue weighted by Gasteiger charge is -2.34. The number of carbonyl (C=O) groups excluding carboxylic acids is 1. The number of rotatable bonds is 6. The summed E-state index contributed by atoms with van der Waals surface area (Å²) >= 11 is 0. The number of nitrogens with one attached hydrogen (secondary N) is 1. The number of halogens is 1. The van der Waals surface area contributed by atoms with Crippen LogP contribution in [-0.2, 0) is 10.0 Å². The number of hydrogen-bond donors (Lipinski definition) is 1. The molecule has 1 aliphatic heterocycles. The van der Waals surface area contributed by atoms with Gasteiger partial charge < -0.3 is 10.2 Å². The van der Waals surface area contributed by atoms with Gasteiger partial charge in [-0.25, -0.2) is 17.6 Å². The minimum absolute atomic E-state index is 0.163. The minimum Gasteiger partial charge on any atom is -0.322 e. The standard InChI is InChI=1S/C16H24FN3O3S/c1-2-3-4-12-24(22,23)20-10-8-19(9-11-20)16(21)18-15-7-5-6-14(17)13-15/h5-7,13H,2-4,8-12H2,1H3,(H,18,21). The first-order chi connectivity index (χ1) is 11.4. The van der Waals surface area contributed by atoms with Crippen LogP contribution in [0.4, 0.5) is 14.9 Å². The van der Waals surface area contributed by atoms with Gasteiger partial charge in [-0.2, -0.15) is 4.31 Å². The lowest BCUT2D eigenvalue weighted by Crippen LogP contribution is -2.52. The molecule has 1 saturated heterocycles. The van der Waals surface area contributed by atoms with Gasteiger partial charge in [-0.05, 0) is 24.6 Å². The van der Waals surface area contributed by atoms with Crippen molar-refractivity contribution >= 4 is 21.7 Å². The van der Waals surface area contributed by atoms with Crippen LogP contribution in [0.5, 0.6) is 0 Å². The van der Waals surface area contributed by atoms with Crippen molar-refractivity contribution in [1.29, 1.82) is 0 Å². The highest BCUT2D eigenvalue weighted by Crippen LogP contribution is 2.13. The molecule has 0 aliphatic carbocycles. The smallest absolute Gasteiger partial charge is 0.321 e. The van der Waals surface area contributed by atoms with Crippen LogP contribution in [0.2, 0.25) is 0 Å². The van der Waals surface area contributed by atoms with Crippen molar-refractivity contribution in [3.8, 4) is 0 Å². The second-order valence-electron chi connectivity index (χ2n) is 5.85. The molecule has 1 N–H and O–H groups in total. The average Bonchev–Trinajstić information content (AvgIpc) is 2.55. The maximum atomic E-state index is 13.1. The molecule has 6 nitrogen and oxygen atoms in total. The van der Waals surface area contributed by atoms with E-state index in [9.17, 15) is 17.6 Å². The Hall–Kier alpha value is -1.67. The van der Waals surface area contributed by atoms with E-state index in [-0.39, 0.29) is 11.8 Å². The molecule has 1 aromatic carbocycles. The third-order valence-corrected chi connectivity index (χ3v) is 5.96. The summed E-state index contributed by atoms with van der Waals surface area (Å²) in [4.78, 5) is 13.7. The fraction of sp³-hybridized carbons (Fsp3) is 0.562. The third-order valence-electron chi connectivity index (χ3n) is 4.00. The number of unbranched alkanes of at least 4 members (excludes halogenated alkanes) is 2. The van der Waals surface area contributed by atoms with E-state index < -0.39 is 15.8 Å². The molecule has 1 fully saturated rings. The summed E-state index contributed by atoms with van der Waals surface area (Å²) in [6.45, 7) is 3.28. The number of amides is 2. The summed E-state index contributed by atoms with van der Waals surface area (Å²) in [6.07, 6.45) is 2.54. The monoisotopic (exact) mass is 357 g/mol. The molecule has 2 amide bonds. The number of nitrogens with zero attached hydrogens (tertiary/aromatic N) is 2. The van der Waals surface area contributed by atoms with Crippen molar-refractivity contribution in [2.75, 3.05) is 37.2 Å². The topological polar surface area (TPSA) is 69.7 Å². The molecule has 0 atom stereocenters. The van der Waals surface area contributed by atoms with E-state index in [1.807, 2.05) is 6.92 Å². The molecule has 1 aliphatic rings. The molecule has 0 unspecified atom stereocenters. The van der Waals surface area contributed by atoms with Crippen LogP contribution >= 0.6 is 0 Å². The Morgan fingerprint density at radius 1 is 1.21 bits per heavy atom. The fourth-order valence-corrected chi connectivity index (χ4v) is 4.15. The van der Waals surface area contributed by atoms with Crippen molar-refractivity contribution < 1.29 is 17.6 Å². The number of anilines is 1. The molecular formula is C16H24FN3O3S. The van der Waals surface area contributed by atoms with E-state index in [2.05, 4.69) is 5.32 Å². The Morgan fingerprint density at radius 2 is 1.92 bits per heavy atom. The van der Waals surface area contributed by atoms with Gasteiger partial charge in [0.25, 0.3) is 0 Å². The Labute approximate surface area is 142 Å². The van der Waals surface area contributed by atoms with Gasteiger partial charge in [-0.15, -0.1) is 0 Å². The summed E-state index contributed by atoms with van der Waals surface area (Å²) in [5, 5.41) is 2.63. The van der Waals surface area contributed by atoms with Crippen LogP contribution in [0.15, 0.2) is 24.3 Å². The SMILES string of the molecule is CCCCCS(=O)(=O)N1CCN(C(=O)Nc2cccc(F)c2)CC1. The van der Waals surface area contributed by atoms with E-state index in [1.54, 1.807) is 11.0 Å². The van der Waals surface area contributed by atoms with Crippen LogP contribution in [0, 0.1) is 5.82 Å². The number of sulfonamides is 1. The lowest BCUT2D eigenvalue weighted by molar-refractivity contribution is 0.184. The van der Waals surface area contributed by atoms with Gasteiger partial charge in [0, 0.05) is 31.9 Å². The van der Waals surface area contributed by atoms with Crippen molar-refractivity contribution in [3.05, 3.63) is 30.1 Å². The molecule has 24 heavy (non-hydrogen) atoms. The van der Waals surface area contributed by atoms with Crippen molar-refractivity contribution in [2.45, 2.75) is 26.2 Å². The normalized spacial score (nSPS) is 16.2. The predicted octanol–water partition coefficient (Wildman–Crippen LogP) is 2.50. The van der Waals surface area contributed by atoms with Gasteiger partial charge in [-0.1, -0.05) is 25.8 Å². The quantitative estimate of drug-likeness (QED) is 0.795. The van der Waals surface area contributed by atoms with E-state index in [1.165, 1.54) is 22.5 Å². The molecule has 0 aromatic heterocycles. The highest BCUT2D eigenvalue weighted by molar-refractivity contribution is 7.89. The Kier molecular flexibility index (Phi) is 6.56. The summed E-state index contributed by atoms with van der Waals surface area (Å²) in [5.41, 5.74) is 0.384. The minimum atomic E-state index is -3.24. The Bertz CT molecular complexity index is 658. The molecule has 0 saturated carbocycles. The zero-order valence-electron chi connectivity index (χ0n) is 13.9. The summed E-state index contributed by atoms with van der Waals surface area (Å²) in [5.74, 6) is -0.258. The predicted molar refractivity (Wildman–Crippen MR) is 91.9 cm³/mol. The van der Waals surface area contributed by atoms with Crippen molar-refractivity contribution in [2.24, 2.45) is 0 Å². The largest absolute Gasteiger partial charge is 0.322 e. The highest BCUT2D eigenvalue weighted by atomic mass is 32.2. The van der Waals surface area contributed by atoms with Gasteiger partial charge in [0.1, 0.15) is 5.82 Å². The summed E-state index contributed by atoms with van der Waals surface area (Å²) in [7, 11) is -3.24. The van der Waals surface area contributed by atoms with E-state index in [0.29, 0.717) is 38.3 Å². The second-order valence-corrected chi connectivity index (χ2v) is 7.94. The second kappa shape index (κ2) is 8.43. The van der Waals surface area contributed by atoms with Gasteiger partial charge >= 0.3 is 6.03 Å². The van der Waals surface area contributed by atoms with E-state index in [4.69, 9.17) is 0 Å². The number of carbonyl (C=O) groups is 1. The number of piperazine rings is 1. The molecule has 1 aromatic rings. The van der Waals surface area contributed by atoms with Crippen LogP contribution in [-0.4, -0.2) is 55.6 Å². The number of urea groups is 1. The first-order valence-corrected chi connectivity index (χ1v) is 9.82. The maximum absolute atomic E-state index is 13.1. The van der Waals surface area contributed by atoms with Gasteiger partial charge in [0.2, 0.25) is 10.0 Å². The van der Waals surface area contributed by atoms with E-state index in [0.717, 1.165) is 12.8 Å². The molecule has 134 valence electrons. The zero-order valence-corrected chi connectivity index (χ0v) is 14.7. The maximum Gasteiger partial charge on any atom is 0.321 e. The van der Waals surface area contributed by atoms with E-state index >= 15 is 0 Å². The first-order valence-electron chi connectivity index (χ1n) is 8.21. The average molecular weight is 357 g/mol. The number of hydrogen-bond acceptors (Lipinski definition) is 3. The molecular weight excluding hydrogens is 333 g/mol. The highest BCUT2D eigenvalue weighted by Gasteiger charge is 2.28. The third kappa shape index (κ3) is 5.17. The van der Waals surface area contributed by atoms with Crippen LogP contribution in [0.25, 0.3) is 0 Å². The molecule has 0 radical (unpaired) electrons. The van der Waals surface area contributed by atoms with Crippen molar-refractivity contribution in [1.82, 2.24) is 9.21 Å². The van der Waals surface area contributed by atoms with Crippen LogP contribution in [0.3, 0.4) is 0 Å². The molecule has 2 rings (SSSR count).